The summed E-state index contributed by atoms with van der Waals surface area (Å²) in [5, 5.41) is 3.46. The Balaban J connectivity index is 2.34. The average Bonchev–Trinajstić information content (AvgIpc) is 2.29. The zero-order valence-electron chi connectivity index (χ0n) is 11.7. The van der Waals surface area contributed by atoms with E-state index in [1.807, 2.05) is 12.1 Å². The fraction of sp³-hybridized carbons (Fsp3) is 0.600. The molecule has 0 saturated carbocycles. The third kappa shape index (κ3) is 4.39. The Morgan fingerprint density at radius 2 is 1.88 bits per heavy atom. The Labute approximate surface area is 105 Å². The van der Waals surface area contributed by atoms with Crippen molar-refractivity contribution in [2.24, 2.45) is 5.92 Å². The fourth-order valence-corrected chi connectivity index (χ4v) is 1.56. The average molecular weight is 235 g/mol. The second kappa shape index (κ2) is 6.65. The maximum Gasteiger partial charge on any atom is 0.122 e. The molecule has 0 aliphatic rings. The van der Waals surface area contributed by atoms with Crippen LogP contribution in [0.2, 0.25) is 0 Å². The van der Waals surface area contributed by atoms with Gasteiger partial charge in [-0.1, -0.05) is 26.0 Å². The summed E-state index contributed by atoms with van der Waals surface area (Å²) in [4.78, 5) is 0. The van der Waals surface area contributed by atoms with Gasteiger partial charge < -0.3 is 10.1 Å². The van der Waals surface area contributed by atoms with E-state index >= 15 is 0 Å². The number of hydrogen-bond donors (Lipinski definition) is 1. The number of nitrogens with one attached hydrogen (secondary N) is 1. The van der Waals surface area contributed by atoms with E-state index in [9.17, 15) is 0 Å². The summed E-state index contributed by atoms with van der Waals surface area (Å²) < 4.78 is 5.79. The van der Waals surface area contributed by atoms with Gasteiger partial charge in [0.1, 0.15) is 12.4 Å². The van der Waals surface area contributed by atoms with Gasteiger partial charge in [0.25, 0.3) is 0 Å². The highest BCUT2D eigenvalue weighted by atomic mass is 16.5. The Kier molecular flexibility index (Phi) is 5.49. The molecule has 0 spiro atoms. The number of hydrogen-bond acceptors (Lipinski definition) is 2. The van der Waals surface area contributed by atoms with Gasteiger partial charge in [0.2, 0.25) is 0 Å². The lowest BCUT2D eigenvalue weighted by molar-refractivity contribution is 0.295. The molecule has 0 bridgehead atoms. The minimum Gasteiger partial charge on any atom is -0.492 e. The molecular weight excluding hydrogens is 210 g/mol. The summed E-state index contributed by atoms with van der Waals surface area (Å²) in [7, 11) is 0. The van der Waals surface area contributed by atoms with E-state index in [0.717, 1.165) is 18.9 Å². The first kappa shape index (κ1) is 14.0. The van der Waals surface area contributed by atoms with Crippen molar-refractivity contribution in [2.45, 2.75) is 40.7 Å². The van der Waals surface area contributed by atoms with Gasteiger partial charge in [0.05, 0.1) is 0 Å². The second-order valence-electron chi connectivity index (χ2n) is 5.03. The first-order chi connectivity index (χ1) is 8.02. The molecule has 96 valence electrons. The summed E-state index contributed by atoms with van der Waals surface area (Å²) in [6.07, 6.45) is 0. The van der Waals surface area contributed by atoms with Gasteiger partial charge in [0, 0.05) is 12.6 Å². The van der Waals surface area contributed by atoms with Crippen molar-refractivity contribution < 1.29 is 4.74 Å². The SMILES string of the molecule is Cc1cccc(OCCNC(C)C(C)C)c1C. The Bertz CT molecular complexity index is 347. The van der Waals surface area contributed by atoms with E-state index in [2.05, 4.69) is 46.0 Å². The fourth-order valence-electron chi connectivity index (χ4n) is 1.56. The van der Waals surface area contributed by atoms with Crippen LogP contribution in [0.4, 0.5) is 0 Å². The molecule has 1 aromatic carbocycles. The zero-order chi connectivity index (χ0) is 12.8. The summed E-state index contributed by atoms with van der Waals surface area (Å²) in [6.45, 7) is 12.5. The minimum absolute atomic E-state index is 0.539. The van der Waals surface area contributed by atoms with E-state index in [1.54, 1.807) is 0 Å². The molecule has 0 aliphatic carbocycles. The van der Waals surface area contributed by atoms with Gasteiger partial charge in [0.15, 0.2) is 0 Å². The van der Waals surface area contributed by atoms with Gasteiger partial charge in [-0.3, -0.25) is 0 Å². The number of aryl methyl sites for hydroxylation is 1. The number of benzene rings is 1. The Morgan fingerprint density at radius 1 is 1.18 bits per heavy atom. The normalized spacial score (nSPS) is 12.8. The highest BCUT2D eigenvalue weighted by Gasteiger charge is 2.05. The molecule has 1 unspecified atom stereocenters. The van der Waals surface area contributed by atoms with Crippen LogP contribution in [-0.4, -0.2) is 19.2 Å². The quantitative estimate of drug-likeness (QED) is 0.764. The van der Waals surface area contributed by atoms with Gasteiger partial charge in [-0.2, -0.15) is 0 Å². The third-order valence-electron chi connectivity index (χ3n) is 3.38. The lowest BCUT2D eigenvalue weighted by Gasteiger charge is -2.18. The Morgan fingerprint density at radius 3 is 2.53 bits per heavy atom. The minimum atomic E-state index is 0.539. The highest BCUT2D eigenvalue weighted by molar-refractivity contribution is 5.38. The molecule has 0 saturated heterocycles. The molecule has 0 amide bonds. The van der Waals surface area contributed by atoms with Crippen LogP contribution in [0.15, 0.2) is 18.2 Å². The van der Waals surface area contributed by atoms with Crippen LogP contribution in [0.25, 0.3) is 0 Å². The van der Waals surface area contributed by atoms with Crippen molar-refractivity contribution in [1.29, 1.82) is 0 Å². The second-order valence-corrected chi connectivity index (χ2v) is 5.03. The first-order valence-corrected chi connectivity index (χ1v) is 6.44. The van der Waals surface area contributed by atoms with Crippen LogP contribution in [0.1, 0.15) is 31.9 Å². The lowest BCUT2D eigenvalue weighted by atomic mass is 10.1. The summed E-state index contributed by atoms with van der Waals surface area (Å²) >= 11 is 0. The summed E-state index contributed by atoms with van der Waals surface area (Å²) in [5.74, 6) is 1.67. The molecule has 17 heavy (non-hydrogen) atoms. The van der Waals surface area contributed by atoms with Gasteiger partial charge in [-0.05, 0) is 43.9 Å². The molecule has 0 fully saturated rings. The zero-order valence-corrected chi connectivity index (χ0v) is 11.7. The molecule has 0 heterocycles. The standard InChI is InChI=1S/C15H25NO/c1-11(2)14(5)16-9-10-17-15-8-6-7-12(3)13(15)4/h6-8,11,14,16H,9-10H2,1-5H3. The molecule has 0 aliphatic heterocycles. The molecule has 1 aromatic rings. The molecule has 2 nitrogen and oxygen atoms in total. The maximum atomic E-state index is 5.79. The molecule has 0 aromatic heterocycles. The van der Waals surface area contributed by atoms with E-state index in [0.29, 0.717) is 12.0 Å². The van der Waals surface area contributed by atoms with Crippen molar-refractivity contribution in [1.82, 2.24) is 5.32 Å². The predicted octanol–water partition coefficient (Wildman–Crippen LogP) is 3.32. The van der Waals surface area contributed by atoms with E-state index in [-0.39, 0.29) is 0 Å². The molecule has 1 N–H and O–H groups in total. The van der Waals surface area contributed by atoms with Gasteiger partial charge in [-0.25, -0.2) is 0 Å². The van der Waals surface area contributed by atoms with E-state index in [4.69, 9.17) is 4.74 Å². The van der Waals surface area contributed by atoms with E-state index in [1.165, 1.54) is 11.1 Å². The van der Waals surface area contributed by atoms with Crippen molar-refractivity contribution in [3.8, 4) is 5.75 Å². The predicted molar refractivity (Wildman–Crippen MR) is 73.7 cm³/mol. The molecule has 2 heteroatoms. The third-order valence-corrected chi connectivity index (χ3v) is 3.38. The van der Waals surface area contributed by atoms with Crippen molar-refractivity contribution in [2.75, 3.05) is 13.2 Å². The van der Waals surface area contributed by atoms with E-state index < -0.39 is 0 Å². The van der Waals surface area contributed by atoms with Crippen molar-refractivity contribution in [3.63, 3.8) is 0 Å². The van der Waals surface area contributed by atoms with Crippen molar-refractivity contribution in [3.05, 3.63) is 29.3 Å². The molecule has 0 radical (unpaired) electrons. The van der Waals surface area contributed by atoms with Crippen LogP contribution in [0.3, 0.4) is 0 Å². The van der Waals surface area contributed by atoms with Crippen LogP contribution in [0.5, 0.6) is 5.75 Å². The van der Waals surface area contributed by atoms with Crippen molar-refractivity contribution >= 4 is 0 Å². The molecule has 1 rings (SSSR count). The monoisotopic (exact) mass is 235 g/mol. The smallest absolute Gasteiger partial charge is 0.122 e. The molecular formula is C15H25NO. The molecule has 1 atom stereocenters. The van der Waals surface area contributed by atoms with Crippen LogP contribution in [-0.2, 0) is 0 Å². The maximum absolute atomic E-state index is 5.79. The largest absolute Gasteiger partial charge is 0.492 e. The number of ether oxygens (including phenoxy) is 1. The summed E-state index contributed by atoms with van der Waals surface area (Å²) in [6, 6.07) is 6.73. The Hall–Kier alpha value is -1.02. The summed E-state index contributed by atoms with van der Waals surface area (Å²) in [5.41, 5.74) is 2.52. The topological polar surface area (TPSA) is 21.3 Å². The van der Waals surface area contributed by atoms with Gasteiger partial charge >= 0.3 is 0 Å². The first-order valence-electron chi connectivity index (χ1n) is 6.44. The lowest BCUT2D eigenvalue weighted by Crippen LogP contribution is -2.33. The highest BCUT2D eigenvalue weighted by Crippen LogP contribution is 2.20. The van der Waals surface area contributed by atoms with Crippen LogP contribution in [0, 0.1) is 19.8 Å². The number of rotatable bonds is 6. The van der Waals surface area contributed by atoms with Crippen LogP contribution < -0.4 is 10.1 Å². The van der Waals surface area contributed by atoms with Gasteiger partial charge in [-0.15, -0.1) is 0 Å². The van der Waals surface area contributed by atoms with Crippen LogP contribution >= 0.6 is 0 Å².